The Labute approximate surface area is 125 Å². The van der Waals surface area contributed by atoms with Crippen molar-refractivity contribution in [2.45, 2.75) is 32.7 Å². The Hall–Kier alpha value is -1.66. The number of hydrogen-bond donors (Lipinski definition) is 2. The summed E-state index contributed by atoms with van der Waals surface area (Å²) in [6.07, 6.45) is 5.86. The van der Waals surface area contributed by atoms with Crippen molar-refractivity contribution in [3.05, 3.63) is 23.8 Å². The second-order valence-electron chi connectivity index (χ2n) is 5.26. The number of carbonyl (C=O) groups is 1. The fourth-order valence-electron chi connectivity index (χ4n) is 2.57. The average Bonchev–Trinajstić information content (AvgIpc) is 3.14. The summed E-state index contributed by atoms with van der Waals surface area (Å²) >= 11 is 0. The number of aromatic amines is 1. The van der Waals surface area contributed by atoms with Crippen molar-refractivity contribution in [2.24, 2.45) is 0 Å². The molecule has 1 aliphatic heterocycles. The summed E-state index contributed by atoms with van der Waals surface area (Å²) in [5.41, 5.74) is 2.18. The molecule has 2 N–H and O–H groups in total. The summed E-state index contributed by atoms with van der Waals surface area (Å²) in [5.74, 6) is 0.971. The standard InChI is InChI=1S/C15H24N4O2/c1-4-11(2)12-8-17-15(18-12)13-6-5-7-19(13)14(20)9-16-10-21-3/h4,8,13,16H,5-7,9-10H2,1-3H3,(H,17,18). The summed E-state index contributed by atoms with van der Waals surface area (Å²) in [6.45, 7) is 5.52. The first-order valence-electron chi connectivity index (χ1n) is 7.34. The van der Waals surface area contributed by atoms with Crippen LogP contribution in [0.25, 0.3) is 5.57 Å². The van der Waals surface area contributed by atoms with E-state index in [4.69, 9.17) is 4.74 Å². The smallest absolute Gasteiger partial charge is 0.237 e. The van der Waals surface area contributed by atoms with Gasteiger partial charge in [0.25, 0.3) is 0 Å². The Morgan fingerprint density at radius 3 is 3.19 bits per heavy atom. The highest BCUT2D eigenvalue weighted by Gasteiger charge is 2.31. The van der Waals surface area contributed by atoms with Crippen LogP contribution in [-0.4, -0.2) is 47.7 Å². The number of aromatic nitrogens is 2. The van der Waals surface area contributed by atoms with E-state index in [1.54, 1.807) is 7.11 Å². The molecule has 1 amide bonds. The molecule has 0 spiro atoms. The van der Waals surface area contributed by atoms with Crippen molar-refractivity contribution in [3.63, 3.8) is 0 Å². The third-order valence-corrected chi connectivity index (χ3v) is 3.86. The minimum Gasteiger partial charge on any atom is -0.370 e. The van der Waals surface area contributed by atoms with E-state index < -0.39 is 0 Å². The third-order valence-electron chi connectivity index (χ3n) is 3.86. The molecule has 2 heterocycles. The van der Waals surface area contributed by atoms with Gasteiger partial charge in [-0.05, 0) is 32.3 Å². The van der Waals surface area contributed by atoms with Crippen LogP contribution in [0, 0.1) is 0 Å². The van der Waals surface area contributed by atoms with Gasteiger partial charge in [-0.3, -0.25) is 10.1 Å². The quantitative estimate of drug-likeness (QED) is 0.618. The molecule has 0 aliphatic carbocycles. The van der Waals surface area contributed by atoms with E-state index in [9.17, 15) is 4.79 Å². The van der Waals surface area contributed by atoms with Crippen molar-refractivity contribution in [2.75, 3.05) is 26.9 Å². The highest BCUT2D eigenvalue weighted by molar-refractivity contribution is 5.79. The van der Waals surface area contributed by atoms with E-state index in [-0.39, 0.29) is 11.9 Å². The summed E-state index contributed by atoms with van der Waals surface area (Å²) in [5, 5.41) is 2.96. The van der Waals surface area contributed by atoms with Crippen LogP contribution in [0.15, 0.2) is 12.3 Å². The van der Waals surface area contributed by atoms with Crippen LogP contribution >= 0.6 is 0 Å². The number of H-pyrrole nitrogens is 1. The van der Waals surface area contributed by atoms with Gasteiger partial charge < -0.3 is 14.6 Å². The van der Waals surface area contributed by atoms with Gasteiger partial charge >= 0.3 is 0 Å². The maximum absolute atomic E-state index is 12.3. The van der Waals surface area contributed by atoms with Gasteiger partial charge in [0, 0.05) is 13.7 Å². The van der Waals surface area contributed by atoms with Crippen LogP contribution in [-0.2, 0) is 9.53 Å². The maximum atomic E-state index is 12.3. The van der Waals surface area contributed by atoms with Crippen molar-refractivity contribution in [3.8, 4) is 0 Å². The van der Waals surface area contributed by atoms with Gasteiger partial charge in [0.1, 0.15) is 5.82 Å². The Morgan fingerprint density at radius 1 is 1.67 bits per heavy atom. The van der Waals surface area contributed by atoms with Crippen LogP contribution in [0.4, 0.5) is 0 Å². The van der Waals surface area contributed by atoms with E-state index in [1.807, 2.05) is 31.0 Å². The predicted octanol–water partition coefficient (Wildman–Crippen LogP) is 1.69. The number of imidazole rings is 1. The number of amides is 1. The number of ether oxygens (including phenoxy) is 1. The van der Waals surface area contributed by atoms with Gasteiger partial charge in [0.2, 0.25) is 5.91 Å². The van der Waals surface area contributed by atoms with Crippen molar-refractivity contribution >= 4 is 11.5 Å². The molecule has 1 atom stereocenters. The van der Waals surface area contributed by atoms with Gasteiger partial charge in [-0.25, -0.2) is 4.98 Å². The van der Waals surface area contributed by atoms with E-state index in [0.29, 0.717) is 13.3 Å². The van der Waals surface area contributed by atoms with Crippen molar-refractivity contribution in [1.29, 1.82) is 0 Å². The molecule has 6 heteroatoms. The highest BCUT2D eigenvalue weighted by Crippen LogP contribution is 2.30. The summed E-state index contributed by atoms with van der Waals surface area (Å²) in [7, 11) is 1.60. The second kappa shape index (κ2) is 7.38. The highest BCUT2D eigenvalue weighted by atomic mass is 16.5. The van der Waals surface area contributed by atoms with Gasteiger partial charge in [-0.2, -0.15) is 0 Å². The predicted molar refractivity (Wildman–Crippen MR) is 81.5 cm³/mol. The van der Waals surface area contributed by atoms with Crippen LogP contribution in [0.5, 0.6) is 0 Å². The minimum atomic E-state index is 0.0558. The van der Waals surface area contributed by atoms with E-state index in [2.05, 4.69) is 15.3 Å². The molecule has 0 bridgehead atoms. The largest absolute Gasteiger partial charge is 0.370 e. The van der Waals surface area contributed by atoms with Gasteiger partial charge in [0.15, 0.2) is 0 Å². The number of nitrogens with zero attached hydrogens (tertiary/aromatic N) is 2. The maximum Gasteiger partial charge on any atom is 0.237 e. The van der Waals surface area contributed by atoms with Crippen LogP contribution in [0.1, 0.15) is 44.2 Å². The molecule has 2 rings (SSSR count). The fourth-order valence-corrected chi connectivity index (χ4v) is 2.57. The molecule has 21 heavy (non-hydrogen) atoms. The zero-order chi connectivity index (χ0) is 15.2. The van der Waals surface area contributed by atoms with E-state index in [1.165, 1.54) is 0 Å². The molecule has 0 radical (unpaired) electrons. The number of carbonyl (C=O) groups excluding carboxylic acids is 1. The first kappa shape index (κ1) is 15.7. The molecule has 1 fully saturated rings. The molecule has 1 saturated heterocycles. The number of allylic oxidation sites excluding steroid dienone is 2. The third kappa shape index (κ3) is 3.71. The van der Waals surface area contributed by atoms with Crippen LogP contribution < -0.4 is 5.32 Å². The van der Waals surface area contributed by atoms with Gasteiger partial charge in [-0.1, -0.05) is 6.08 Å². The van der Waals surface area contributed by atoms with Gasteiger partial charge in [-0.15, -0.1) is 0 Å². The molecule has 0 saturated carbocycles. The van der Waals surface area contributed by atoms with Crippen LogP contribution in [0.3, 0.4) is 0 Å². The van der Waals surface area contributed by atoms with Crippen molar-refractivity contribution in [1.82, 2.24) is 20.2 Å². The second-order valence-corrected chi connectivity index (χ2v) is 5.26. The lowest BCUT2D eigenvalue weighted by molar-refractivity contribution is -0.131. The number of rotatable bonds is 6. The number of hydrogen-bond acceptors (Lipinski definition) is 4. The molecule has 1 aromatic rings. The molecule has 6 nitrogen and oxygen atoms in total. The normalized spacial score (nSPS) is 19.3. The summed E-state index contributed by atoms with van der Waals surface area (Å²) < 4.78 is 4.90. The Bertz CT molecular complexity index is 510. The summed E-state index contributed by atoms with van der Waals surface area (Å²) in [6, 6.07) is 0.0558. The number of likely N-dealkylation sites (tertiary alicyclic amines) is 1. The van der Waals surface area contributed by atoms with E-state index in [0.717, 1.165) is 36.5 Å². The first-order chi connectivity index (χ1) is 10.2. The topological polar surface area (TPSA) is 70.2 Å². The van der Waals surface area contributed by atoms with Gasteiger partial charge in [0.05, 0.1) is 31.2 Å². The lowest BCUT2D eigenvalue weighted by Crippen LogP contribution is -2.38. The molecule has 1 unspecified atom stereocenters. The lowest BCUT2D eigenvalue weighted by Gasteiger charge is -2.23. The summed E-state index contributed by atoms with van der Waals surface area (Å²) in [4.78, 5) is 22.0. The molecule has 0 aromatic carbocycles. The minimum absolute atomic E-state index is 0.0558. The molecule has 1 aliphatic rings. The molecular formula is C15H24N4O2. The monoisotopic (exact) mass is 292 g/mol. The molecule has 1 aromatic heterocycles. The number of nitrogens with one attached hydrogen (secondary N) is 2. The van der Waals surface area contributed by atoms with Crippen molar-refractivity contribution < 1.29 is 9.53 Å². The zero-order valence-corrected chi connectivity index (χ0v) is 13.0. The lowest BCUT2D eigenvalue weighted by atomic mass is 10.2. The Balaban J connectivity index is 2.04. The fraction of sp³-hybridized carbons (Fsp3) is 0.600. The molecule has 116 valence electrons. The Kier molecular flexibility index (Phi) is 5.52. The Morgan fingerprint density at radius 2 is 2.48 bits per heavy atom. The SMILES string of the molecule is CC=C(C)c1cnc(C2CCCN2C(=O)CNCOC)[nH]1. The van der Waals surface area contributed by atoms with E-state index >= 15 is 0 Å². The number of methoxy groups -OCH3 is 1. The first-order valence-corrected chi connectivity index (χ1v) is 7.34. The zero-order valence-electron chi connectivity index (χ0n) is 13.0. The van der Waals surface area contributed by atoms with Crippen LogP contribution in [0.2, 0.25) is 0 Å². The average molecular weight is 292 g/mol. The molecular weight excluding hydrogens is 268 g/mol.